The molecule has 0 aliphatic rings. The molecule has 0 aromatic carbocycles. The smallest absolute Gasteiger partial charge is 0.0597 e. The van der Waals surface area contributed by atoms with Gasteiger partial charge in [0.1, 0.15) is 0 Å². The van der Waals surface area contributed by atoms with Gasteiger partial charge in [-0.1, -0.05) is 13.3 Å². The highest BCUT2D eigenvalue weighted by molar-refractivity contribution is 5.08. The van der Waals surface area contributed by atoms with Crippen LogP contribution in [-0.2, 0) is 13.1 Å². The van der Waals surface area contributed by atoms with Crippen LogP contribution in [0.4, 0.5) is 0 Å². The summed E-state index contributed by atoms with van der Waals surface area (Å²) in [6.07, 6.45) is 2.47. The normalized spacial score (nSPS) is 13.1. The molecule has 0 aliphatic heterocycles. The lowest BCUT2D eigenvalue weighted by Gasteiger charge is -2.12. The van der Waals surface area contributed by atoms with Gasteiger partial charge in [-0.25, -0.2) is 0 Å². The Labute approximate surface area is 92.9 Å². The Morgan fingerprint density at radius 3 is 2.80 bits per heavy atom. The molecule has 1 rings (SSSR count). The van der Waals surface area contributed by atoms with Gasteiger partial charge >= 0.3 is 0 Å². The minimum Gasteiger partial charge on any atom is -0.309 e. The van der Waals surface area contributed by atoms with Gasteiger partial charge in [-0.3, -0.25) is 4.68 Å². The molecule has 1 heterocycles. The molecule has 1 atom stereocenters. The number of nitrogens with zero attached hydrogens (tertiary/aromatic N) is 2. The summed E-state index contributed by atoms with van der Waals surface area (Å²) in [7, 11) is 0. The van der Waals surface area contributed by atoms with Gasteiger partial charge in [0.05, 0.1) is 11.4 Å². The molecule has 1 aromatic heterocycles. The van der Waals surface area contributed by atoms with Crippen molar-refractivity contribution in [2.75, 3.05) is 0 Å². The van der Waals surface area contributed by atoms with E-state index in [9.17, 15) is 0 Å². The monoisotopic (exact) mass is 209 g/mol. The highest BCUT2D eigenvalue weighted by Gasteiger charge is 2.05. The van der Waals surface area contributed by atoms with E-state index in [1.165, 1.54) is 18.5 Å². The predicted octanol–water partition coefficient (Wildman–Crippen LogP) is 2.49. The molecular formula is C12H23N3. The Balaban J connectivity index is 2.49. The maximum Gasteiger partial charge on any atom is 0.0597 e. The summed E-state index contributed by atoms with van der Waals surface area (Å²) in [5.74, 6) is 0. The van der Waals surface area contributed by atoms with Gasteiger partial charge in [-0.05, 0) is 33.3 Å². The number of nitrogens with one attached hydrogen (secondary N) is 1. The van der Waals surface area contributed by atoms with Crippen LogP contribution in [0.15, 0.2) is 6.07 Å². The molecule has 3 heteroatoms. The third-order valence-electron chi connectivity index (χ3n) is 2.64. The first-order chi connectivity index (χ1) is 7.17. The lowest BCUT2D eigenvalue weighted by atomic mass is 10.2. The molecule has 86 valence electrons. The Bertz CT molecular complexity index is 291. The van der Waals surface area contributed by atoms with Crippen LogP contribution in [0.2, 0.25) is 0 Å². The van der Waals surface area contributed by atoms with Crippen molar-refractivity contribution < 1.29 is 0 Å². The molecule has 0 aliphatic carbocycles. The molecule has 0 bridgehead atoms. The quantitative estimate of drug-likeness (QED) is 0.780. The van der Waals surface area contributed by atoms with Crippen molar-refractivity contribution in [1.82, 2.24) is 15.1 Å². The fourth-order valence-corrected chi connectivity index (χ4v) is 1.83. The van der Waals surface area contributed by atoms with Crippen LogP contribution in [0.25, 0.3) is 0 Å². The lowest BCUT2D eigenvalue weighted by molar-refractivity contribution is 0.487. The zero-order valence-electron chi connectivity index (χ0n) is 10.4. The average molecular weight is 209 g/mol. The summed E-state index contributed by atoms with van der Waals surface area (Å²) in [5, 5.41) is 7.96. The zero-order chi connectivity index (χ0) is 11.3. The van der Waals surface area contributed by atoms with Gasteiger partial charge < -0.3 is 5.32 Å². The fourth-order valence-electron chi connectivity index (χ4n) is 1.83. The van der Waals surface area contributed by atoms with E-state index in [2.05, 4.69) is 41.9 Å². The summed E-state index contributed by atoms with van der Waals surface area (Å²) in [4.78, 5) is 0. The van der Waals surface area contributed by atoms with E-state index < -0.39 is 0 Å². The minimum atomic E-state index is 0.593. The molecule has 1 N–H and O–H groups in total. The Hall–Kier alpha value is -0.830. The number of hydrogen-bond acceptors (Lipinski definition) is 2. The summed E-state index contributed by atoms with van der Waals surface area (Å²) in [6, 6.07) is 2.75. The molecular weight excluding hydrogens is 186 g/mol. The van der Waals surface area contributed by atoms with Crippen LogP contribution >= 0.6 is 0 Å². The number of aryl methyl sites for hydroxylation is 2. The zero-order valence-corrected chi connectivity index (χ0v) is 10.4. The number of hydrogen-bond donors (Lipinski definition) is 1. The van der Waals surface area contributed by atoms with E-state index in [4.69, 9.17) is 0 Å². The van der Waals surface area contributed by atoms with Crippen molar-refractivity contribution in [3.8, 4) is 0 Å². The fraction of sp³-hybridized carbons (Fsp3) is 0.750. The highest BCUT2D eigenvalue weighted by Crippen LogP contribution is 2.04. The molecule has 0 spiro atoms. The maximum absolute atomic E-state index is 4.43. The van der Waals surface area contributed by atoms with Crippen LogP contribution in [-0.4, -0.2) is 15.8 Å². The first kappa shape index (κ1) is 12.2. The van der Waals surface area contributed by atoms with E-state index in [0.29, 0.717) is 6.04 Å². The second-order valence-corrected chi connectivity index (χ2v) is 4.16. The first-order valence-corrected chi connectivity index (χ1v) is 5.94. The van der Waals surface area contributed by atoms with Crippen LogP contribution in [0.3, 0.4) is 0 Å². The largest absolute Gasteiger partial charge is 0.309 e. The molecule has 0 radical (unpaired) electrons. The summed E-state index contributed by atoms with van der Waals surface area (Å²) >= 11 is 0. The van der Waals surface area contributed by atoms with Gasteiger partial charge in [-0.15, -0.1) is 0 Å². The molecule has 0 amide bonds. The maximum atomic E-state index is 4.43. The molecule has 1 unspecified atom stereocenters. The Morgan fingerprint density at radius 2 is 2.20 bits per heavy atom. The van der Waals surface area contributed by atoms with Gasteiger partial charge in [0.2, 0.25) is 0 Å². The standard InChI is InChI=1S/C12H23N3/c1-5-7-10(3)13-9-12-8-11(4)14-15(12)6-2/h8,10,13H,5-7,9H2,1-4H3. The van der Waals surface area contributed by atoms with Crippen molar-refractivity contribution in [1.29, 1.82) is 0 Å². The summed E-state index contributed by atoms with van der Waals surface area (Å²) in [6.45, 7) is 10.5. The molecule has 15 heavy (non-hydrogen) atoms. The van der Waals surface area contributed by atoms with Crippen molar-refractivity contribution in [3.63, 3.8) is 0 Å². The second-order valence-electron chi connectivity index (χ2n) is 4.16. The predicted molar refractivity (Wildman–Crippen MR) is 63.8 cm³/mol. The third kappa shape index (κ3) is 3.67. The van der Waals surface area contributed by atoms with Crippen LogP contribution in [0, 0.1) is 6.92 Å². The van der Waals surface area contributed by atoms with Crippen molar-refractivity contribution >= 4 is 0 Å². The van der Waals surface area contributed by atoms with Crippen LogP contribution in [0.5, 0.6) is 0 Å². The van der Waals surface area contributed by atoms with E-state index in [1.54, 1.807) is 0 Å². The van der Waals surface area contributed by atoms with Gasteiger partial charge in [-0.2, -0.15) is 5.10 Å². The number of rotatable bonds is 6. The van der Waals surface area contributed by atoms with E-state index in [1.807, 2.05) is 6.92 Å². The summed E-state index contributed by atoms with van der Waals surface area (Å²) in [5.41, 5.74) is 2.40. The van der Waals surface area contributed by atoms with Gasteiger partial charge in [0, 0.05) is 19.1 Å². The molecule has 0 fully saturated rings. The van der Waals surface area contributed by atoms with Crippen LogP contribution in [0.1, 0.15) is 45.0 Å². The second kappa shape index (κ2) is 5.91. The first-order valence-electron chi connectivity index (χ1n) is 5.94. The average Bonchev–Trinajstić information content (AvgIpc) is 2.56. The van der Waals surface area contributed by atoms with E-state index in [0.717, 1.165) is 18.8 Å². The lowest BCUT2D eigenvalue weighted by Crippen LogP contribution is -2.26. The number of aromatic nitrogens is 2. The topological polar surface area (TPSA) is 29.9 Å². The van der Waals surface area contributed by atoms with Gasteiger partial charge in [0.15, 0.2) is 0 Å². The minimum absolute atomic E-state index is 0.593. The molecule has 0 saturated carbocycles. The van der Waals surface area contributed by atoms with Crippen molar-refractivity contribution in [2.24, 2.45) is 0 Å². The van der Waals surface area contributed by atoms with E-state index >= 15 is 0 Å². The molecule has 1 aromatic rings. The van der Waals surface area contributed by atoms with Crippen molar-refractivity contribution in [3.05, 3.63) is 17.5 Å². The highest BCUT2D eigenvalue weighted by atomic mass is 15.3. The molecule has 3 nitrogen and oxygen atoms in total. The SMILES string of the molecule is CCCC(C)NCc1cc(C)nn1CC. The third-order valence-corrected chi connectivity index (χ3v) is 2.64. The summed E-state index contributed by atoms with van der Waals surface area (Å²) < 4.78 is 2.07. The van der Waals surface area contributed by atoms with Crippen LogP contribution < -0.4 is 5.32 Å². The van der Waals surface area contributed by atoms with Gasteiger partial charge in [0.25, 0.3) is 0 Å². The van der Waals surface area contributed by atoms with E-state index in [-0.39, 0.29) is 0 Å². The Morgan fingerprint density at radius 1 is 1.47 bits per heavy atom. The van der Waals surface area contributed by atoms with Crippen molar-refractivity contribution in [2.45, 2.75) is 59.7 Å². The molecule has 0 saturated heterocycles. The Kier molecular flexibility index (Phi) is 4.82.